The zero-order valence-electron chi connectivity index (χ0n) is 17.5. The number of methoxy groups -OCH3 is 1. The van der Waals surface area contributed by atoms with Crippen molar-refractivity contribution >= 4 is 5.91 Å². The molecule has 0 fully saturated rings. The molecule has 1 atom stereocenters. The van der Waals surface area contributed by atoms with Crippen molar-refractivity contribution in [3.63, 3.8) is 0 Å². The quantitative estimate of drug-likeness (QED) is 0.559. The monoisotopic (exact) mass is 410 g/mol. The second kappa shape index (κ2) is 10.0. The molecule has 1 aromatic heterocycles. The minimum Gasteiger partial charge on any atom is -0.497 e. The van der Waals surface area contributed by atoms with Crippen LogP contribution in [0.2, 0.25) is 0 Å². The average Bonchev–Trinajstić information content (AvgIpc) is 3.27. The number of aromatic amines is 1. The largest absolute Gasteiger partial charge is 0.497 e. The number of carbonyl (C=O) groups is 1. The number of carbonyl (C=O) groups excluding carboxylic acids is 1. The van der Waals surface area contributed by atoms with Crippen molar-refractivity contribution in [3.05, 3.63) is 71.7 Å². The van der Waals surface area contributed by atoms with Gasteiger partial charge in [-0.2, -0.15) is 5.10 Å². The highest BCUT2D eigenvalue weighted by molar-refractivity contribution is 5.99. The molecular weight excluding hydrogens is 383 g/mol. The summed E-state index contributed by atoms with van der Waals surface area (Å²) in [6, 6.07) is 13.9. The Morgan fingerprint density at radius 2 is 1.93 bits per heavy atom. The van der Waals surface area contributed by atoms with Gasteiger partial charge in [0.15, 0.2) is 0 Å². The summed E-state index contributed by atoms with van der Waals surface area (Å²) in [7, 11) is 1.64. The maximum Gasteiger partial charge on any atom is 0.255 e. The summed E-state index contributed by atoms with van der Waals surface area (Å²) in [5.74, 6) is 0.220. The van der Waals surface area contributed by atoms with Crippen LogP contribution >= 0.6 is 0 Å². The summed E-state index contributed by atoms with van der Waals surface area (Å²) < 4.78 is 18.6. The van der Waals surface area contributed by atoms with Crippen molar-refractivity contribution in [1.82, 2.24) is 20.4 Å². The smallest absolute Gasteiger partial charge is 0.255 e. The Morgan fingerprint density at radius 3 is 2.60 bits per heavy atom. The Labute approximate surface area is 176 Å². The molecule has 0 saturated heterocycles. The number of hydrogen-bond acceptors (Lipinski definition) is 4. The zero-order chi connectivity index (χ0) is 21.5. The van der Waals surface area contributed by atoms with Gasteiger partial charge in [0, 0.05) is 12.1 Å². The number of amides is 1. The van der Waals surface area contributed by atoms with Gasteiger partial charge < -0.3 is 10.1 Å². The van der Waals surface area contributed by atoms with E-state index in [9.17, 15) is 9.18 Å². The van der Waals surface area contributed by atoms with Crippen LogP contribution in [0.15, 0.2) is 54.7 Å². The fraction of sp³-hybridized carbons (Fsp3) is 0.304. The molecule has 0 aliphatic rings. The molecule has 1 heterocycles. The molecule has 0 bridgehead atoms. The standard InChI is InChI=1S/C23H27FN4O2/c1-4-28(5-2)21(17-7-6-8-19(13-17)30-3)15-25-23(29)20-14-26-27-22(20)16-9-11-18(24)12-10-16/h6-14,21H,4-5,15H2,1-3H3,(H,25,29)(H,26,27). The lowest BCUT2D eigenvalue weighted by Gasteiger charge is -2.30. The second-order valence-electron chi connectivity index (χ2n) is 6.89. The third-order valence-electron chi connectivity index (χ3n) is 5.20. The Hall–Kier alpha value is -3.19. The number of rotatable bonds is 9. The summed E-state index contributed by atoms with van der Waals surface area (Å²) in [6.45, 7) is 6.33. The first-order valence-electron chi connectivity index (χ1n) is 10.0. The van der Waals surface area contributed by atoms with Gasteiger partial charge in [0.25, 0.3) is 5.91 Å². The van der Waals surface area contributed by atoms with Crippen molar-refractivity contribution in [3.8, 4) is 17.0 Å². The van der Waals surface area contributed by atoms with E-state index >= 15 is 0 Å². The van der Waals surface area contributed by atoms with E-state index in [0.717, 1.165) is 24.4 Å². The van der Waals surface area contributed by atoms with Crippen LogP contribution in [0, 0.1) is 5.82 Å². The lowest BCUT2D eigenvalue weighted by atomic mass is 10.0. The van der Waals surface area contributed by atoms with Gasteiger partial charge in [-0.15, -0.1) is 0 Å². The molecule has 0 saturated carbocycles. The van der Waals surface area contributed by atoms with Crippen LogP contribution in [0.4, 0.5) is 4.39 Å². The van der Waals surface area contributed by atoms with E-state index in [2.05, 4.69) is 34.3 Å². The van der Waals surface area contributed by atoms with E-state index in [4.69, 9.17) is 4.74 Å². The number of nitrogens with one attached hydrogen (secondary N) is 2. The highest BCUT2D eigenvalue weighted by atomic mass is 19.1. The number of ether oxygens (including phenoxy) is 1. The van der Waals surface area contributed by atoms with Crippen LogP contribution < -0.4 is 10.1 Å². The molecule has 3 rings (SSSR count). The minimum atomic E-state index is -0.329. The normalized spacial score (nSPS) is 12.0. The van der Waals surface area contributed by atoms with Crippen molar-refractivity contribution in [1.29, 1.82) is 0 Å². The van der Waals surface area contributed by atoms with E-state index in [1.165, 1.54) is 18.3 Å². The van der Waals surface area contributed by atoms with Crippen LogP contribution in [0.1, 0.15) is 35.8 Å². The molecule has 0 aliphatic carbocycles. The van der Waals surface area contributed by atoms with Crippen molar-refractivity contribution < 1.29 is 13.9 Å². The van der Waals surface area contributed by atoms with Crippen molar-refractivity contribution in [2.75, 3.05) is 26.7 Å². The van der Waals surface area contributed by atoms with Crippen LogP contribution in [-0.4, -0.2) is 47.7 Å². The summed E-state index contributed by atoms with van der Waals surface area (Å²) in [5.41, 5.74) is 2.76. The minimum absolute atomic E-state index is 0.000206. The fourth-order valence-corrected chi connectivity index (χ4v) is 3.55. The van der Waals surface area contributed by atoms with Gasteiger partial charge >= 0.3 is 0 Å². The average molecular weight is 410 g/mol. The highest BCUT2D eigenvalue weighted by Crippen LogP contribution is 2.25. The molecule has 1 unspecified atom stereocenters. The van der Waals surface area contributed by atoms with Crippen LogP contribution in [0.3, 0.4) is 0 Å². The third-order valence-corrected chi connectivity index (χ3v) is 5.20. The summed E-state index contributed by atoms with van der Waals surface area (Å²) in [4.78, 5) is 15.2. The predicted molar refractivity (Wildman–Crippen MR) is 115 cm³/mol. The number of benzene rings is 2. The number of likely N-dealkylation sites (N-methyl/N-ethyl adjacent to an activating group) is 1. The van der Waals surface area contributed by atoms with E-state index in [-0.39, 0.29) is 17.8 Å². The van der Waals surface area contributed by atoms with E-state index in [1.54, 1.807) is 19.2 Å². The Kier molecular flexibility index (Phi) is 7.19. The summed E-state index contributed by atoms with van der Waals surface area (Å²) >= 11 is 0. The van der Waals surface area contributed by atoms with Gasteiger partial charge in [-0.05, 0) is 55.1 Å². The molecule has 3 aromatic rings. The Balaban J connectivity index is 1.80. The number of aromatic nitrogens is 2. The first-order chi connectivity index (χ1) is 14.6. The molecule has 158 valence electrons. The molecule has 2 N–H and O–H groups in total. The molecule has 0 aliphatic heterocycles. The molecular formula is C23H27FN4O2. The topological polar surface area (TPSA) is 70.2 Å². The molecule has 0 spiro atoms. The highest BCUT2D eigenvalue weighted by Gasteiger charge is 2.21. The first-order valence-corrected chi connectivity index (χ1v) is 10.0. The lowest BCUT2D eigenvalue weighted by molar-refractivity contribution is 0.0935. The molecule has 2 aromatic carbocycles. The SMILES string of the molecule is CCN(CC)C(CNC(=O)c1cn[nH]c1-c1ccc(F)cc1)c1cccc(OC)c1. The summed E-state index contributed by atoms with van der Waals surface area (Å²) in [5, 5.41) is 9.89. The number of halogens is 1. The predicted octanol–water partition coefficient (Wildman–Crippen LogP) is 4.04. The Bertz CT molecular complexity index is 967. The number of hydrogen-bond donors (Lipinski definition) is 2. The van der Waals surface area contributed by atoms with Crippen LogP contribution in [0.5, 0.6) is 5.75 Å². The van der Waals surface area contributed by atoms with Gasteiger partial charge in [-0.25, -0.2) is 4.39 Å². The molecule has 1 amide bonds. The second-order valence-corrected chi connectivity index (χ2v) is 6.89. The van der Waals surface area contributed by atoms with Crippen molar-refractivity contribution in [2.24, 2.45) is 0 Å². The van der Waals surface area contributed by atoms with Gasteiger partial charge in [-0.3, -0.25) is 14.8 Å². The van der Waals surface area contributed by atoms with Gasteiger partial charge in [0.1, 0.15) is 11.6 Å². The molecule has 6 nitrogen and oxygen atoms in total. The fourth-order valence-electron chi connectivity index (χ4n) is 3.55. The van der Waals surface area contributed by atoms with Gasteiger partial charge in [0.2, 0.25) is 0 Å². The van der Waals surface area contributed by atoms with E-state index < -0.39 is 0 Å². The maximum atomic E-state index is 13.2. The summed E-state index contributed by atoms with van der Waals surface area (Å²) in [6.07, 6.45) is 1.49. The molecule has 7 heteroatoms. The van der Waals surface area contributed by atoms with Crippen LogP contribution in [-0.2, 0) is 0 Å². The number of nitrogens with zero attached hydrogens (tertiary/aromatic N) is 2. The van der Waals surface area contributed by atoms with Gasteiger partial charge in [0.05, 0.1) is 30.6 Å². The van der Waals surface area contributed by atoms with Crippen molar-refractivity contribution in [2.45, 2.75) is 19.9 Å². The zero-order valence-corrected chi connectivity index (χ0v) is 17.5. The third kappa shape index (κ3) is 4.86. The molecule has 0 radical (unpaired) electrons. The van der Waals surface area contributed by atoms with Crippen LogP contribution in [0.25, 0.3) is 11.3 Å². The van der Waals surface area contributed by atoms with Gasteiger partial charge in [-0.1, -0.05) is 26.0 Å². The first kappa shape index (κ1) is 21.5. The maximum absolute atomic E-state index is 13.2. The van der Waals surface area contributed by atoms with E-state index in [1.807, 2.05) is 24.3 Å². The lowest BCUT2D eigenvalue weighted by Crippen LogP contribution is -2.38. The Morgan fingerprint density at radius 1 is 1.20 bits per heavy atom. The molecule has 30 heavy (non-hydrogen) atoms. The van der Waals surface area contributed by atoms with E-state index in [0.29, 0.717) is 23.4 Å². The number of H-pyrrole nitrogens is 1.